The van der Waals surface area contributed by atoms with Crippen LogP contribution < -0.4 is 0 Å². The summed E-state index contributed by atoms with van der Waals surface area (Å²) in [6.07, 6.45) is 8.58. The summed E-state index contributed by atoms with van der Waals surface area (Å²) < 4.78 is 0. The Morgan fingerprint density at radius 1 is 1.00 bits per heavy atom. The smallest absolute Gasteiger partial charge is 0.225 e. The van der Waals surface area contributed by atoms with Crippen LogP contribution in [0.4, 0.5) is 0 Å². The first kappa shape index (κ1) is 16.2. The molecule has 1 atom stereocenters. The van der Waals surface area contributed by atoms with Crippen molar-refractivity contribution >= 4 is 5.91 Å². The van der Waals surface area contributed by atoms with Gasteiger partial charge >= 0.3 is 0 Å². The molecule has 0 bridgehead atoms. The molecule has 2 fully saturated rings. The lowest BCUT2D eigenvalue weighted by molar-refractivity contribution is -0.136. The fraction of sp³-hybridized carbons (Fsp3) is 0.476. The van der Waals surface area contributed by atoms with Crippen LogP contribution in [-0.2, 0) is 4.79 Å². The van der Waals surface area contributed by atoms with Gasteiger partial charge in [-0.25, -0.2) is 9.97 Å². The lowest BCUT2D eigenvalue weighted by Gasteiger charge is -2.34. The summed E-state index contributed by atoms with van der Waals surface area (Å²) >= 11 is 0. The van der Waals surface area contributed by atoms with E-state index in [-0.39, 0.29) is 5.92 Å². The van der Waals surface area contributed by atoms with Gasteiger partial charge < -0.3 is 4.90 Å². The van der Waals surface area contributed by atoms with E-state index in [4.69, 9.17) is 4.98 Å². The number of benzene rings is 1. The van der Waals surface area contributed by atoms with Crippen molar-refractivity contribution in [1.29, 1.82) is 0 Å². The second-order valence-electron chi connectivity index (χ2n) is 7.28. The van der Waals surface area contributed by atoms with Crippen molar-refractivity contribution < 1.29 is 4.79 Å². The minimum Gasteiger partial charge on any atom is -0.342 e. The van der Waals surface area contributed by atoms with Gasteiger partial charge in [0, 0.05) is 42.4 Å². The summed E-state index contributed by atoms with van der Waals surface area (Å²) in [5, 5.41) is 0. The number of hydrogen-bond acceptors (Lipinski definition) is 3. The van der Waals surface area contributed by atoms with Gasteiger partial charge in [0.25, 0.3) is 0 Å². The zero-order chi connectivity index (χ0) is 17.1. The van der Waals surface area contributed by atoms with Crippen LogP contribution in [0.5, 0.6) is 0 Å². The number of aromatic nitrogens is 2. The zero-order valence-corrected chi connectivity index (χ0v) is 14.6. The molecule has 130 valence electrons. The average Bonchev–Trinajstić information content (AvgIpc) is 3.23. The van der Waals surface area contributed by atoms with Gasteiger partial charge in [-0.1, -0.05) is 43.2 Å². The molecule has 0 unspecified atom stereocenters. The molecule has 25 heavy (non-hydrogen) atoms. The van der Waals surface area contributed by atoms with Crippen molar-refractivity contribution in [3.63, 3.8) is 0 Å². The van der Waals surface area contributed by atoms with Crippen LogP contribution in [-0.4, -0.2) is 33.9 Å². The normalized spacial score (nSPS) is 21.4. The number of amides is 1. The van der Waals surface area contributed by atoms with Crippen molar-refractivity contribution in [3.8, 4) is 11.4 Å². The van der Waals surface area contributed by atoms with E-state index in [1.54, 1.807) is 0 Å². The lowest BCUT2D eigenvalue weighted by atomic mass is 9.93. The molecule has 1 saturated heterocycles. The maximum atomic E-state index is 12.8. The van der Waals surface area contributed by atoms with Crippen LogP contribution in [0.25, 0.3) is 11.4 Å². The number of carbonyl (C=O) groups is 1. The highest BCUT2D eigenvalue weighted by Crippen LogP contribution is 2.31. The van der Waals surface area contributed by atoms with Gasteiger partial charge in [-0.2, -0.15) is 0 Å². The largest absolute Gasteiger partial charge is 0.342 e. The molecule has 1 amide bonds. The van der Waals surface area contributed by atoms with Crippen LogP contribution in [0.2, 0.25) is 0 Å². The first-order valence-electron chi connectivity index (χ1n) is 9.48. The third-order valence-electron chi connectivity index (χ3n) is 5.56. The molecule has 1 saturated carbocycles. The standard InChI is InChI=1S/C21H25N3O/c25-21(17-9-4-5-10-17)24-14-6-11-18(15-24)19-12-13-22-20(23-19)16-7-2-1-3-8-16/h1-3,7-8,12-13,17-18H,4-6,9-11,14-15H2/t18-/m1/s1. The van der Waals surface area contributed by atoms with Crippen LogP contribution in [0, 0.1) is 5.92 Å². The molecule has 0 radical (unpaired) electrons. The average molecular weight is 335 g/mol. The molecule has 2 aromatic rings. The summed E-state index contributed by atoms with van der Waals surface area (Å²) in [4.78, 5) is 24.1. The maximum absolute atomic E-state index is 12.8. The molecule has 1 aliphatic carbocycles. The van der Waals surface area contributed by atoms with E-state index in [1.807, 2.05) is 42.6 Å². The van der Waals surface area contributed by atoms with Crippen molar-refractivity contribution in [2.24, 2.45) is 5.92 Å². The molecule has 0 spiro atoms. The van der Waals surface area contributed by atoms with Gasteiger partial charge in [0.15, 0.2) is 5.82 Å². The van der Waals surface area contributed by atoms with Gasteiger partial charge in [-0.3, -0.25) is 4.79 Å². The summed E-state index contributed by atoms with van der Waals surface area (Å²) in [6.45, 7) is 1.71. The molecule has 0 N–H and O–H groups in total. The predicted molar refractivity (Wildman–Crippen MR) is 98.0 cm³/mol. The highest BCUT2D eigenvalue weighted by Gasteiger charge is 2.31. The Morgan fingerprint density at radius 3 is 2.60 bits per heavy atom. The Labute approximate surface area is 149 Å². The first-order valence-corrected chi connectivity index (χ1v) is 9.48. The fourth-order valence-corrected chi connectivity index (χ4v) is 4.18. The van der Waals surface area contributed by atoms with Gasteiger partial charge in [0.05, 0.1) is 0 Å². The van der Waals surface area contributed by atoms with E-state index in [0.29, 0.717) is 11.8 Å². The molecule has 4 nitrogen and oxygen atoms in total. The SMILES string of the molecule is O=C(C1CCCC1)N1CCC[C@@H](c2ccnc(-c3ccccc3)n2)C1. The Balaban J connectivity index is 1.50. The number of hydrogen-bond donors (Lipinski definition) is 0. The highest BCUT2D eigenvalue weighted by atomic mass is 16.2. The first-order chi connectivity index (χ1) is 12.3. The maximum Gasteiger partial charge on any atom is 0.225 e. The Bertz CT molecular complexity index is 725. The molecular weight excluding hydrogens is 310 g/mol. The third kappa shape index (κ3) is 3.58. The predicted octanol–water partition coefficient (Wildman–Crippen LogP) is 4.04. The fourth-order valence-electron chi connectivity index (χ4n) is 4.18. The third-order valence-corrected chi connectivity index (χ3v) is 5.56. The van der Waals surface area contributed by atoms with Gasteiger partial charge in [-0.15, -0.1) is 0 Å². The minimum absolute atomic E-state index is 0.268. The van der Waals surface area contributed by atoms with E-state index >= 15 is 0 Å². The van der Waals surface area contributed by atoms with Crippen molar-refractivity contribution in [2.75, 3.05) is 13.1 Å². The second-order valence-corrected chi connectivity index (χ2v) is 7.28. The molecule has 1 aliphatic heterocycles. The molecule has 1 aromatic heterocycles. The Kier molecular flexibility index (Phi) is 4.77. The topological polar surface area (TPSA) is 46.1 Å². The molecule has 4 rings (SSSR count). The van der Waals surface area contributed by atoms with Crippen LogP contribution in [0.15, 0.2) is 42.6 Å². The van der Waals surface area contributed by atoms with Gasteiger partial charge in [0.1, 0.15) is 0 Å². The summed E-state index contributed by atoms with van der Waals surface area (Å²) in [5.74, 6) is 1.74. The number of piperidine rings is 1. The summed E-state index contributed by atoms with van der Waals surface area (Å²) in [7, 11) is 0. The Morgan fingerprint density at radius 2 is 1.80 bits per heavy atom. The lowest BCUT2D eigenvalue weighted by Crippen LogP contribution is -2.42. The Hall–Kier alpha value is -2.23. The van der Waals surface area contributed by atoms with E-state index in [1.165, 1.54) is 12.8 Å². The number of likely N-dealkylation sites (tertiary alicyclic amines) is 1. The molecule has 1 aromatic carbocycles. The van der Waals surface area contributed by atoms with Gasteiger partial charge in [0.2, 0.25) is 5.91 Å². The van der Waals surface area contributed by atoms with Gasteiger partial charge in [-0.05, 0) is 31.7 Å². The summed E-state index contributed by atoms with van der Waals surface area (Å²) in [5.41, 5.74) is 2.11. The van der Waals surface area contributed by atoms with Crippen molar-refractivity contribution in [3.05, 3.63) is 48.3 Å². The van der Waals surface area contributed by atoms with Crippen LogP contribution in [0.1, 0.15) is 50.1 Å². The molecular formula is C21H25N3O. The minimum atomic E-state index is 0.268. The molecule has 2 aliphatic rings. The number of rotatable bonds is 3. The molecule has 4 heteroatoms. The quantitative estimate of drug-likeness (QED) is 0.850. The van der Waals surface area contributed by atoms with Crippen LogP contribution >= 0.6 is 0 Å². The monoisotopic (exact) mass is 335 g/mol. The highest BCUT2D eigenvalue weighted by molar-refractivity contribution is 5.79. The van der Waals surface area contributed by atoms with E-state index in [2.05, 4.69) is 9.88 Å². The van der Waals surface area contributed by atoms with E-state index in [0.717, 1.165) is 55.9 Å². The van der Waals surface area contributed by atoms with Crippen molar-refractivity contribution in [2.45, 2.75) is 44.4 Å². The molecule has 2 heterocycles. The van der Waals surface area contributed by atoms with Crippen molar-refractivity contribution in [1.82, 2.24) is 14.9 Å². The zero-order valence-electron chi connectivity index (χ0n) is 14.6. The van der Waals surface area contributed by atoms with E-state index in [9.17, 15) is 4.79 Å². The van der Waals surface area contributed by atoms with Crippen LogP contribution in [0.3, 0.4) is 0 Å². The van der Waals surface area contributed by atoms with E-state index < -0.39 is 0 Å². The summed E-state index contributed by atoms with van der Waals surface area (Å²) in [6, 6.07) is 12.1. The number of nitrogens with zero attached hydrogens (tertiary/aromatic N) is 3. The number of carbonyl (C=O) groups excluding carboxylic acids is 1. The second kappa shape index (κ2) is 7.34.